The van der Waals surface area contributed by atoms with Gasteiger partial charge in [-0.25, -0.2) is 4.99 Å². The second kappa shape index (κ2) is 11.0. The number of nitrogens with one attached hydrogen (secondary N) is 2. The van der Waals surface area contributed by atoms with Crippen LogP contribution in [-0.2, 0) is 11.3 Å². The number of nitrogens with zero attached hydrogens (tertiary/aromatic N) is 2. The number of para-hydroxylation sites is 1. The van der Waals surface area contributed by atoms with Crippen LogP contribution >= 0.6 is 24.0 Å². The van der Waals surface area contributed by atoms with E-state index in [0.717, 1.165) is 0 Å². The van der Waals surface area contributed by atoms with Crippen LogP contribution in [0.1, 0.15) is 12.5 Å². The molecule has 0 spiro atoms. The number of carbonyl (C=O) groups is 1. The molecule has 10 heteroatoms. The number of benzene rings is 1. The topological polar surface area (TPSA) is 66.0 Å². The summed E-state index contributed by atoms with van der Waals surface area (Å²) in [7, 11) is 3.25. The number of likely N-dealkylation sites (N-methyl/N-ethyl adjacent to an activating group) is 1. The van der Waals surface area contributed by atoms with Gasteiger partial charge in [-0.15, -0.1) is 37.1 Å². The Bertz CT molecular complexity index is 580. The molecule has 0 aliphatic rings. The zero-order valence-electron chi connectivity index (χ0n) is 14.2. The van der Waals surface area contributed by atoms with Crippen LogP contribution in [0.5, 0.6) is 5.75 Å². The molecule has 25 heavy (non-hydrogen) atoms. The number of hydrogen-bond donors (Lipinski definition) is 2. The van der Waals surface area contributed by atoms with Gasteiger partial charge in [-0.1, -0.05) is 18.2 Å². The van der Waals surface area contributed by atoms with Crippen molar-refractivity contribution in [3.8, 4) is 5.75 Å². The van der Waals surface area contributed by atoms with E-state index in [1.54, 1.807) is 20.2 Å². The Morgan fingerprint density at radius 2 is 1.88 bits per heavy atom. The van der Waals surface area contributed by atoms with Gasteiger partial charge in [0.25, 0.3) is 0 Å². The van der Waals surface area contributed by atoms with Gasteiger partial charge in [0.05, 0.1) is 13.1 Å². The van der Waals surface area contributed by atoms with Crippen molar-refractivity contribution in [2.24, 2.45) is 4.99 Å². The average Bonchev–Trinajstić information content (AvgIpc) is 2.49. The summed E-state index contributed by atoms with van der Waals surface area (Å²) < 4.78 is 41.2. The van der Waals surface area contributed by atoms with Crippen molar-refractivity contribution < 1.29 is 22.7 Å². The lowest BCUT2D eigenvalue weighted by atomic mass is 10.2. The zero-order valence-corrected chi connectivity index (χ0v) is 16.5. The van der Waals surface area contributed by atoms with Crippen molar-refractivity contribution in [3.05, 3.63) is 29.8 Å². The molecule has 0 aliphatic heterocycles. The Morgan fingerprint density at radius 3 is 2.44 bits per heavy atom. The van der Waals surface area contributed by atoms with Crippen LogP contribution in [0.3, 0.4) is 0 Å². The van der Waals surface area contributed by atoms with E-state index in [2.05, 4.69) is 20.4 Å². The molecule has 1 rings (SSSR count). The molecule has 1 aromatic rings. The molecule has 0 aromatic heterocycles. The highest BCUT2D eigenvalue weighted by atomic mass is 127. The van der Waals surface area contributed by atoms with Gasteiger partial charge in [-0.3, -0.25) is 4.79 Å². The SMILES string of the molecule is CCNC(=NCc1ccccc1OC(F)(F)F)NCC(=O)N(C)C.I. The molecule has 1 amide bonds. The fourth-order valence-electron chi connectivity index (χ4n) is 1.68. The number of rotatable bonds is 6. The van der Waals surface area contributed by atoms with Crippen LogP contribution in [0, 0.1) is 0 Å². The van der Waals surface area contributed by atoms with Crippen molar-refractivity contribution in [1.29, 1.82) is 0 Å². The Hall–Kier alpha value is -1.72. The van der Waals surface area contributed by atoms with Crippen LogP contribution < -0.4 is 15.4 Å². The molecule has 0 unspecified atom stereocenters. The Morgan fingerprint density at radius 1 is 1.24 bits per heavy atom. The summed E-state index contributed by atoms with van der Waals surface area (Å²) in [5.41, 5.74) is 0.283. The maximum Gasteiger partial charge on any atom is 0.573 e. The van der Waals surface area contributed by atoms with Crippen molar-refractivity contribution in [2.75, 3.05) is 27.2 Å². The highest BCUT2D eigenvalue weighted by Gasteiger charge is 2.31. The highest BCUT2D eigenvalue weighted by molar-refractivity contribution is 14.0. The molecular weight excluding hydrogens is 452 g/mol. The lowest BCUT2D eigenvalue weighted by Crippen LogP contribution is -2.42. The first-order chi connectivity index (χ1) is 11.2. The number of aliphatic imine (C=N–C) groups is 1. The largest absolute Gasteiger partial charge is 0.573 e. The summed E-state index contributed by atoms with van der Waals surface area (Å²) in [6, 6.07) is 5.78. The Balaban J connectivity index is 0.00000576. The molecule has 0 saturated heterocycles. The molecule has 0 heterocycles. The maximum atomic E-state index is 12.4. The quantitative estimate of drug-likeness (QED) is 0.378. The van der Waals surface area contributed by atoms with E-state index < -0.39 is 6.36 Å². The van der Waals surface area contributed by atoms with Crippen molar-refractivity contribution in [2.45, 2.75) is 19.8 Å². The summed E-state index contributed by atoms with van der Waals surface area (Å²) in [4.78, 5) is 17.2. The molecule has 2 N–H and O–H groups in total. The minimum atomic E-state index is -4.76. The smallest absolute Gasteiger partial charge is 0.405 e. The third kappa shape index (κ3) is 9.37. The lowest BCUT2D eigenvalue weighted by molar-refractivity contribution is -0.274. The van der Waals surface area contributed by atoms with Crippen LogP contribution in [0.15, 0.2) is 29.3 Å². The Kier molecular flexibility index (Phi) is 10.2. The van der Waals surface area contributed by atoms with Crippen molar-refractivity contribution in [1.82, 2.24) is 15.5 Å². The molecule has 1 aromatic carbocycles. The first kappa shape index (κ1) is 23.3. The van der Waals surface area contributed by atoms with E-state index in [4.69, 9.17) is 0 Å². The van der Waals surface area contributed by atoms with E-state index in [0.29, 0.717) is 12.5 Å². The molecule has 142 valence electrons. The molecule has 0 saturated carbocycles. The summed E-state index contributed by atoms with van der Waals surface area (Å²) in [5.74, 6) is -0.120. The second-order valence-corrected chi connectivity index (χ2v) is 4.99. The fraction of sp³-hybridized carbons (Fsp3) is 0.467. The molecule has 0 aliphatic carbocycles. The second-order valence-electron chi connectivity index (χ2n) is 4.99. The average molecular weight is 474 g/mol. The number of halogens is 4. The predicted molar refractivity (Wildman–Crippen MR) is 100 cm³/mol. The van der Waals surface area contributed by atoms with Gasteiger partial charge < -0.3 is 20.3 Å². The van der Waals surface area contributed by atoms with Gasteiger partial charge >= 0.3 is 6.36 Å². The molecule has 0 radical (unpaired) electrons. The van der Waals surface area contributed by atoms with Crippen LogP contribution in [0.2, 0.25) is 0 Å². The van der Waals surface area contributed by atoms with E-state index in [1.807, 2.05) is 6.92 Å². The number of amides is 1. The summed E-state index contributed by atoms with van der Waals surface area (Å²) in [6.45, 7) is 2.38. The van der Waals surface area contributed by atoms with Crippen molar-refractivity contribution >= 4 is 35.8 Å². The number of carbonyl (C=O) groups excluding carboxylic acids is 1. The normalized spacial score (nSPS) is 11.4. The predicted octanol–water partition coefficient (Wildman–Crippen LogP) is 2.35. The maximum absolute atomic E-state index is 12.4. The summed E-state index contributed by atoms with van der Waals surface area (Å²) in [5, 5.41) is 5.74. The number of hydrogen-bond acceptors (Lipinski definition) is 3. The van der Waals surface area contributed by atoms with Gasteiger partial charge in [0.15, 0.2) is 5.96 Å². The number of guanidine groups is 1. The lowest BCUT2D eigenvalue weighted by Gasteiger charge is -2.15. The van der Waals surface area contributed by atoms with Gasteiger partial charge in [0.2, 0.25) is 5.91 Å². The number of alkyl halides is 3. The van der Waals surface area contributed by atoms with E-state index in [9.17, 15) is 18.0 Å². The summed E-state index contributed by atoms with van der Waals surface area (Å²) >= 11 is 0. The van der Waals surface area contributed by atoms with Gasteiger partial charge in [-0.05, 0) is 13.0 Å². The molecule has 0 atom stereocenters. The first-order valence-corrected chi connectivity index (χ1v) is 7.29. The minimum absolute atomic E-state index is 0. The van der Waals surface area contributed by atoms with Gasteiger partial charge in [0.1, 0.15) is 5.75 Å². The van der Waals surface area contributed by atoms with E-state index >= 15 is 0 Å². The minimum Gasteiger partial charge on any atom is -0.405 e. The molecule has 6 nitrogen and oxygen atoms in total. The molecule has 0 bridgehead atoms. The molecular formula is C15H22F3IN4O2. The zero-order chi connectivity index (χ0) is 18.2. The van der Waals surface area contributed by atoms with E-state index in [-0.39, 0.29) is 54.3 Å². The summed E-state index contributed by atoms with van der Waals surface area (Å²) in [6.07, 6.45) is -4.76. The van der Waals surface area contributed by atoms with Crippen molar-refractivity contribution in [3.63, 3.8) is 0 Å². The fourth-order valence-corrected chi connectivity index (χ4v) is 1.68. The Labute approximate surface area is 161 Å². The van der Waals surface area contributed by atoms with Crippen LogP contribution in [0.4, 0.5) is 13.2 Å². The third-order valence-electron chi connectivity index (χ3n) is 2.86. The molecule has 0 fully saturated rings. The third-order valence-corrected chi connectivity index (χ3v) is 2.86. The standard InChI is InChI=1S/C15H21F3N4O2.HI/c1-4-19-14(21-10-13(23)22(2)3)20-9-11-7-5-6-8-12(11)24-15(16,17)18;/h5-8H,4,9-10H2,1-3H3,(H2,19,20,21);1H. The van der Waals surface area contributed by atoms with Gasteiger partial charge in [-0.2, -0.15) is 0 Å². The monoisotopic (exact) mass is 474 g/mol. The van der Waals surface area contributed by atoms with E-state index in [1.165, 1.54) is 23.1 Å². The highest BCUT2D eigenvalue weighted by Crippen LogP contribution is 2.26. The van der Waals surface area contributed by atoms with Gasteiger partial charge in [0, 0.05) is 26.2 Å². The van der Waals surface area contributed by atoms with Crippen LogP contribution in [0.25, 0.3) is 0 Å². The number of ether oxygens (including phenoxy) is 1. The van der Waals surface area contributed by atoms with Crippen LogP contribution in [-0.4, -0.2) is 50.3 Å². The first-order valence-electron chi connectivity index (χ1n) is 7.29.